The van der Waals surface area contributed by atoms with Gasteiger partial charge in [0.25, 0.3) is 0 Å². The fourth-order valence-corrected chi connectivity index (χ4v) is 2.37. The van der Waals surface area contributed by atoms with Crippen LogP contribution in [0.1, 0.15) is 29.8 Å². The van der Waals surface area contributed by atoms with Crippen LogP contribution in [0.15, 0.2) is 24.3 Å². The van der Waals surface area contributed by atoms with Crippen LogP contribution in [0.4, 0.5) is 0 Å². The molecule has 0 aliphatic heterocycles. The highest BCUT2D eigenvalue weighted by Gasteiger charge is 2.12. The predicted molar refractivity (Wildman–Crippen MR) is 79.7 cm³/mol. The van der Waals surface area contributed by atoms with Crippen molar-refractivity contribution in [2.75, 3.05) is 0 Å². The van der Waals surface area contributed by atoms with Gasteiger partial charge in [-0.2, -0.15) is 5.10 Å². The van der Waals surface area contributed by atoms with E-state index in [-0.39, 0.29) is 6.04 Å². The summed E-state index contributed by atoms with van der Waals surface area (Å²) in [7, 11) is 1.85. The Morgan fingerprint density at radius 3 is 2.42 bits per heavy atom. The molecule has 2 rings (SSSR count). The lowest BCUT2D eigenvalue weighted by molar-refractivity contribution is 0.573. The van der Waals surface area contributed by atoms with Gasteiger partial charge in [0.1, 0.15) is 5.15 Å². The van der Waals surface area contributed by atoms with E-state index in [9.17, 15) is 0 Å². The van der Waals surface area contributed by atoms with Gasteiger partial charge in [-0.3, -0.25) is 4.68 Å². The lowest BCUT2D eigenvalue weighted by atomic mass is 10.1. The average molecular weight is 298 g/mol. The second-order valence-electron chi connectivity index (χ2n) is 4.63. The molecule has 0 saturated carbocycles. The second-order valence-corrected chi connectivity index (χ2v) is 5.43. The van der Waals surface area contributed by atoms with E-state index < -0.39 is 0 Å². The number of nitrogens with one attached hydrogen (secondary N) is 1. The first kappa shape index (κ1) is 14.4. The summed E-state index contributed by atoms with van der Waals surface area (Å²) in [6.45, 7) is 4.78. The van der Waals surface area contributed by atoms with Gasteiger partial charge in [0.15, 0.2) is 0 Å². The van der Waals surface area contributed by atoms with Crippen LogP contribution in [0.25, 0.3) is 0 Å². The van der Waals surface area contributed by atoms with Crippen molar-refractivity contribution in [2.24, 2.45) is 7.05 Å². The Morgan fingerprint density at radius 1 is 1.26 bits per heavy atom. The molecule has 0 spiro atoms. The Morgan fingerprint density at radius 2 is 1.89 bits per heavy atom. The quantitative estimate of drug-likeness (QED) is 0.928. The maximum absolute atomic E-state index is 6.21. The fourth-order valence-electron chi connectivity index (χ4n) is 2.00. The number of aromatic nitrogens is 2. The molecule has 1 aromatic carbocycles. The number of hydrogen-bond donors (Lipinski definition) is 1. The Labute approximate surface area is 123 Å². The van der Waals surface area contributed by atoms with Crippen LogP contribution in [-0.4, -0.2) is 9.78 Å². The molecule has 3 nitrogen and oxygen atoms in total. The third kappa shape index (κ3) is 3.30. The van der Waals surface area contributed by atoms with Gasteiger partial charge >= 0.3 is 0 Å². The van der Waals surface area contributed by atoms with Crippen LogP contribution < -0.4 is 5.32 Å². The predicted octanol–water partition coefficient (Wildman–Crippen LogP) is 3.89. The van der Waals surface area contributed by atoms with Crippen molar-refractivity contribution in [3.8, 4) is 0 Å². The molecule has 0 unspecified atom stereocenters. The zero-order valence-electron chi connectivity index (χ0n) is 11.2. The van der Waals surface area contributed by atoms with Gasteiger partial charge in [-0.05, 0) is 31.5 Å². The molecule has 0 radical (unpaired) electrons. The van der Waals surface area contributed by atoms with Crippen LogP contribution >= 0.6 is 23.2 Å². The highest BCUT2D eigenvalue weighted by molar-refractivity contribution is 6.30. The van der Waals surface area contributed by atoms with E-state index >= 15 is 0 Å². The van der Waals surface area contributed by atoms with E-state index in [0.717, 1.165) is 16.3 Å². The molecule has 0 amide bonds. The monoisotopic (exact) mass is 297 g/mol. The number of aryl methyl sites for hydroxylation is 2. The molecule has 0 saturated heterocycles. The summed E-state index contributed by atoms with van der Waals surface area (Å²) in [6, 6.07) is 8.08. The number of halogens is 2. The van der Waals surface area contributed by atoms with Gasteiger partial charge in [0, 0.05) is 30.2 Å². The molecule has 1 heterocycles. The first-order valence-corrected chi connectivity index (χ1v) is 6.91. The van der Waals surface area contributed by atoms with Crippen LogP contribution in [0.5, 0.6) is 0 Å². The maximum atomic E-state index is 6.21. The zero-order chi connectivity index (χ0) is 14.0. The molecule has 102 valence electrons. The smallest absolute Gasteiger partial charge is 0.131 e. The van der Waals surface area contributed by atoms with E-state index in [1.807, 2.05) is 38.2 Å². The fraction of sp³-hybridized carbons (Fsp3) is 0.357. The molecule has 1 aromatic heterocycles. The Bertz CT molecular complexity index is 561. The van der Waals surface area contributed by atoms with E-state index in [1.165, 1.54) is 5.56 Å². The number of hydrogen-bond acceptors (Lipinski definition) is 2. The van der Waals surface area contributed by atoms with Crippen LogP contribution in [-0.2, 0) is 13.6 Å². The summed E-state index contributed by atoms with van der Waals surface area (Å²) in [5.41, 5.74) is 3.20. The zero-order valence-corrected chi connectivity index (χ0v) is 12.8. The first-order valence-electron chi connectivity index (χ1n) is 6.16. The van der Waals surface area contributed by atoms with Gasteiger partial charge in [-0.1, -0.05) is 35.3 Å². The minimum absolute atomic E-state index is 0.230. The van der Waals surface area contributed by atoms with E-state index in [2.05, 4.69) is 17.3 Å². The minimum Gasteiger partial charge on any atom is -0.306 e. The molecule has 1 atom stereocenters. The summed E-state index contributed by atoms with van der Waals surface area (Å²) < 4.78 is 1.70. The van der Waals surface area contributed by atoms with Gasteiger partial charge in [-0.25, -0.2) is 0 Å². The third-order valence-electron chi connectivity index (χ3n) is 3.22. The number of rotatable bonds is 4. The van der Waals surface area contributed by atoms with Gasteiger partial charge in [0.05, 0.1) is 5.69 Å². The molecule has 0 aliphatic carbocycles. The Hall–Kier alpha value is -1.03. The average Bonchev–Trinajstić information content (AvgIpc) is 2.62. The standard InChI is InChI=1S/C14H17Cl2N3/c1-9(11-4-6-12(15)7-5-11)17-8-13-10(2)18-19(3)14(13)16/h4-7,9,17H,8H2,1-3H3/t9-/m1/s1. The van der Waals surface area contributed by atoms with E-state index in [0.29, 0.717) is 11.7 Å². The highest BCUT2D eigenvalue weighted by atomic mass is 35.5. The molecule has 1 N–H and O–H groups in total. The van der Waals surface area contributed by atoms with E-state index in [4.69, 9.17) is 23.2 Å². The largest absolute Gasteiger partial charge is 0.306 e. The van der Waals surface area contributed by atoms with E-state index in [1.54, 1.807) is 4.68 Å². The van der Waals surface area contributed by atoms with Crippen LogP contribution in [0.3, 0.4) is 0 Å². The van der Waals surface area contributed by atoms with Crippen molar-refractivity contribution in [1.29, 1.82) is 0 Å². The van der Waals surface area contributed by atoms with Gasteiger partial charge in [-0.15, -0.1) is 0 Å². The lowest BCUT2D eigenvalue weighted by Gasteiger charge is -2.14. The SMILES string of the molecule is Cc1nn(C)c(Cl)c1CN[C@H](C)c1ccc(Cl)cc1. The molecule has 19 heavy (non-hydrogen) atoms. The van der Waals surface area contributed by atoms with Crippen molar-refractivity contribution in [2.45, 2.75) is 26.4 Å². The van der Waals surface area contributed by atoms with Crippen LogP contribution in [0.2, 0.25) is 10.2 Å². The minimum atomic E-state index is 0.230. The summed E-state index contributed by atoms with van der Waals surface area (Å²) >= 11 is 12.1. The summed E-state index contributed by atoms with van der Waals surface area (Å²) in [5, 5.41) is 9.19. The van der Waals surface area contributed by atoms with Crippen molar-refractivity contribution in [3.63, 3.8) is 0 Å². The maximum Gasteiger partial charge on any atom is 0.131 e. The number of benzene rings is 1. The van der Waals surface area contributed by atoms with Gasteiger partial charge < -0.3 is 5.32 Å². The highest BCUT2D eigenvalue weighted by Crippen LogP contribution is 2.21. The van der Waals surface area contributed by atoms with Crippen molar-refractivity contribution < 1.29 is 0 Å². The Balaban J connectivity index is 2.04. The lowest BCUT2D eigenvalue weighted by Crippen LogP contribution is -2.18. The molecular weight excluding hydrogens is 281 g/mol. The normalized spacial score (nSPS) is 12.7. The van der Waals surface area contributed by atoms with Crippen LogP contribution in [0, 0.1) is 6.92 Å². The topological polar surface area (TPSA) is 29.9 Å². The molecular formula is C14H17Cl2N3. The van der Waals surface area contributed by atoms with Gasteiger partial charge in [0.2, 0.25) is 0 Å². The third-order valence-corrected chi connectivity index (χ3v) is 3.95. The molecule has 0 aliphatic rings. The molecule has 0 fully saturated rings. The van der Waals surface area contributed by atoms with Crippen molar-refractivity contribution in [1.82, 2.24) is 15.1 Å². The van der Waals surface area contributed by atoms with Crippen molar-refractivity contribution in [3.05, 3.63) is 51.3 Å². The summed E-state index contributed by atoms with van der Waals surface area (Å²) in [5.74, 6) is 0. The first-order chi connectivity index (χ1) is 8.99. The summed E-state index contributed by atoms with van der Waals surface area (Å²) in [6.07, 6.45) is 0. The Kier molecular flexibility index (Phi) is 4.50. The number of nitrogens with zero attached hydrogens (tertiary/aromatic N) is 2. The molecule has 0 bridgehead atoms. The second kappa shape index (κ2) is 5.95. The molecule has 5 heteroatoms. The van der Waals surface area contributed by atoms with Crippen molar-refractivity contribution >= 4 is 23.2 Å². The molecule has 2 aromatic rings. The summed E-state index contributed by atoms with van der Waals surface area (Å²) in [4.78, 5) is 0.